The minimum atomic E-state index is -0.227. The zero-order valence-corrected chi connectivity index (χ0v) is 14.5. The van der Waals surface area contributed by atoms with E-state index < -0.39 is 0 Å². The Kier molecular flexibility index (Phi) is 11.7. The first-order valence-corrected chi connectivity index (χ1v) is 8.20. The molecule has 120 valence electrons. The number of carbonyl (C=O) groups excluding carboxylic acids is 1. The van der Waals surface area contributed by atoms with Crippen LogP contribution >= 0.6 is 0 Å². The molecule has 0 spiro atoms. The fraction of sp³-hybridized carbons (Fsp3) is 0.632. The van der Waals surface area contributed by atoms with Gasteiger partial charge in [-0.1, -0.05) is 42.7 Å². The van der Waals surface area contributed by atoms with Crippen molar-refractivity contribution in [2.45, 2.75) is 73.1 Å². The maximum absolute atomic E-state index is 11.3. The van der Waals surface area contributed by atoms with Gasteiger partial charge in [-0.15, -0.1) is 0 Å². The SMILES string of the molecule is CCOC(=O)/C=C(\C)CC/C=C(\CC)CC/C=C(\C)CC. The topological polar surface area (TPSA) is 26.3 Å². The summed E-state index contributed by atoms with van der Waals surface area (Å²) in [6.07, 6.45) is 12.7. The van der Waals surface area contributed by atoms with Gasteiger partial charge in [-0.05, 0) is 59.3 Å². The Labute approximate surface area is 131 Å². The predicted molar refractivity (Wildman–Crippen MR) is 91.3 cm³/mol. The van der Waals surface area contributed by atoms with E-state index in [0.717, 1.165) is 44.1 Å². The summed E-state index contributed by atoms with van der Waals surface area (Å²) in [6, 6.07) is 0. The van der Waals surface area contributed by atoms with Gasteiger partial charge in [0.25, 0.3) is 0 Å². The average Bonchev–Trinajstić information content (AvgIpc) is 2.45. The molecule has 0 aromatic heterocycles. The molecule has 0 aliphatic heterocycles. The lowest BCUT2D eigenvalue weighted by Gasteiger charge is -2.04. The van der Waals surface area contributed by atoms with Crippen molar-refractivity contribution in [2.75, 3.05) is 6.61 Å². The van der Waals surface area contributed by atoms with Crippen molar-refractivity contribution in [1.82, 2.24) is 0 Å². The number of hydrogen-bond donors (Lipinski definition) is 0. The second-order valence-corrected chi connectivity index (χ2v) is 5.44. The Morgan fingerprint density at radius 3 is 2.14 bits per heavy atom. The Hall–Kier alpha value is -1.31. The van der Waals surface area contributed by atoms with Gasteiger partial charge in [-0.3, -0.25) is 0 Å². The number of hydrogen-bond acceptors (Lipinski definition) is 2. The van der Waals surface area contributed by atoms with Crippen molar-refractivity contribution in [3.05, 3.63) is 34.9 Å². The molecule has 0 fully saturated rings. The van der Waals surface area contributed by atoms with Gasteiger partial charge in [-0.2, -0.15) is 0 Å². The van der Waals surface area contributed by atoms with Crippen LogP contribution in [0.1, 0.15) is 73.1 Å². The molecule has 0 rings (SSSR count). The van der Waals surface area contributed by atoms with Gasteiger partial charge in [0.15, 0.2) is 0 Å². The van der Waals surface area contributed by atoms with Crippen molar-refractivity contribution in [3.63, 3.8) is 0 Å². The highest BCUT2D eigenvalue weighted by Gasteiger charge is 1.98. The van der Waals surface area contributed by atoms with E-state index in [4.69, 9.17) is 4.74 Å². The quantitative estimate of drug-likeness (QED) is 0.291. The number of esters is 1. The van der Waals surface area contributed by atoms with Crippen LogP contribution in [-0.4, -0.2) is 12.6 Å². The standard InChI is InChI=1S/C19H32O2/c1-6-16(4)11-9-13-18(7-2)14-10-12-17(5)15-19(20)21-8-3/h11,14-15H,6-10,12-13H2,1-5H3/b16-11+,17-15+,18-14+. The van der Waals surface area contributed by atoms with E-state index >= 15 is 0 Å². The van der Waals surface area contributed by atoms with Crippen LogP contribution in [0, 0.1) is 0 Å². The zero-order valence-electron chi connectivity index (χ0n) is 14.5. The zero-order chi connectivity index (χ0) is 16.1. The van der Waals surface area contributed by atoms with Gasteiger partial charge in [-0.25, -0.2) is 4.79 Å². The first kappa shape index (κ1) is 19.7. The van der Waals surface area contributed by atoms with Gasteiger partial charge in [0, 0.05) is 6.08 Å². The minimum Gasteiger partial charge on any atom is -0.463 e. The molecule has 0 aromatic rings. The molecule has 0 aliphatic rings. The number of carbonyl (C=O) groups is 1. The van der Waals surface area contributed by atoms with Crippen LogP contribution in [0.3, 0.4) is 0 Å². The van der Waals surface area contributed by atoms with Crippen LogP contribution in [0.4, 0.5) is 0 Å². The lowest BCUT2D eigenvalue weighted by atomic mass is 10.0. The van der Waals surface area contributed by atoms with Crippen molar-refractivity contribution in [3.8, 4) is 0 Å². The van der Waals surface area contributed by atoms with Crippen LogP contribution in [0.5, 0.6) is 0 Å². The first-order chi connectivity index (χ1) is 10.0. The summed E-state index contributed by atoms with van der Waals surface area (Å²) in [5.74, 6) is -0.227. The van der Waals surface area contributed by atoms with Crippen LogP contribution in [0.15, 0.2) is 34.9 Å². The molecule has 21 heavy (non-hydrogen) atoms. The highest BCUT2D eigenvalue weighted by atomic mass is 16.5. The lowest BCUT2D eigenvalue weighted by molar-refractivity contribution is -0.137. The molecule has 0 N–H and O–H groups in total. The third-order valence-corrected chi connectivity index (χ3v) is 3.59. The summed E-state index contributed by atoms with van der Waals surface area (Å²) in [5, 5.41) is 0. The summed E-state index contributed by atoms with van der Waals surface area (Å²) in [5.41, 5.74) is 4.07. The second-order valence-electron chi connectivity index (χ2n) is 5.44. The fourth-order valence-corrected chi connectivity index (χ4v) is 2.03. The highest BCUT2D eigenvalue weighted by molar-refractivity contribution is 5.82. The molecule has 0 saturated carbocycles. The van der Waals surface area contributed by atoms with Crippen molar-refractivity contribution in [2.24, 2.45) is 0 Å². The molecule has 2 nitrogen and oxygen atoms in total. The van der Waals surface area contributed by atoms with E-state index in [1.807, 2.05) is 13.8 Å². The first-order valence-electron chi connectivity index (χ1n) is 8.20. The molecular formula is C19H32O2. The third kappa shape index (κ3) is 11.1. The maximum atomic E-state index is 11.3. The number of ether oxygens (including phenoxy) is 1. The maximum Gasteiger partial charge on any atom is 0.330 e. The van der Waals surface area contributed by atoms with E-state index in [-0.39, 0.29) is 5.97 Å². The molecule has 0 radical (unpaired) electrons. The normalized spacial score (nSPS) is 13.5. The van der Waals surface area contributed by atoms with Crippen LogP contribution in [0.25, 0.3) is 0 Å². The molecule has 0 unspecified atom stereocenters. The van der Waals surface area contributed by atoms with Crippen LogP contribution in [-0.2, 0) is 9.53 Å². The van der Waals surface area contributed by atoms with E-state index in [0.29, 0.717) is 6.61 Å². The van der Waals surface area contributed by atoms with Crippen molar-refractivity contribution in [1.29, 1.82) is 0 Å². The van der Waals surface area contributed by atoms with E-state index in [1.165, 1.54) is 11.1 Å². The summed E-state index contributed by atoms with van der Waals surface area (Å²) < 4.78 is 4.91. The van der Waals surface area contributed by atoms with Gasteiger partial charge in [0.05, 0.1) is 6.61 Å². The molecule has 2 heteroatoms. The molecule has 0 amide bonds. The predicted octanol–water partition coefficient (Wildman–Crippen LogP) is 5.75. The molecule has 0 atom stereocenters. The smallest absolute Gasteiger partial charge is 0.330 e. The minimum absolute atomic E-state index is 0.227. The molecule has 0 saturated heterocycles. The van der Waals surface area contributed by atoms with Crippen molar-refractivity contribution < 1.29 is 9.53 Å². The second kappa shape index (κ2) is 12.4. The molecule has 0 heterocycles. The van der Waals surface area contributed by atoms with Crippen LogP contribution in [0.2, 0.25) is 0 Å². The molecule has 0 aromatic carbocycles. The Balaban J connectivity index is 4.21. The lowest BCUT2D eigenvalue weighted by Crippen LogP contribution is -2.00. The third-order valence-electron chi connectivity index (χ3n) is 3.59. The molecule has 0 aliphatic carbocycles. The monoisotopic (exact) mass is 292 g/mol. The Morgan fingerprint density at radius 1 is 0.905 bits per heavy atom. The van der Waals surface area contributed by atoms with Gasteiger partial charge in [0.1, 0.15) is 0 Å². The summed E-state index contributed by atoms with van der Waals surface area (Å²) in [6.45, 7) is 10.9. The Bertz CT molecular complexity index is 386. The highest BCUT2D eigenvalue weighted by Crippen LogP contribution is 2.15. The van der Waals surface area contributed by atoms with Gasteiger partial charge < -0.3 is 4.74 Å². The number of rotatable bonds is 10. The Morgan fingerprint density at radius 2 is 1.57 bits per heavy atom. The summed E-state index contributed by atoms with van der Waals surface area (Å²) in [4.78, 5) is 11.3. The largest absolute Gasteiger partial charge is 0.463 e. The van der Waals surface area contributed by atoms with Crippen LogP contribution < -0.4 is 0 Å². The van der Waals surface area contributed by atoms with E-state index in [2.05, 4.69) is 32.9 Å². The van der Waals surface area contributed by atoms with Crippen molar-refractivity contribution >= 4 is 5.97 Å². The fourth-order valence-electron chi connectivity index (χ4n) is 2.03. The molecular weight excluding hydrogens is 260 g/mol. The average molecular weight is 292 g/mol. The summed E-state index contributed by atoms with van der Waals surface area (Å²) >= 11 is 0. The van der Waals surface area contributed by atoms with E-state index in [1.54, 1.807) is 6.08 Å². The summed E-state index contributed by atoms with van der Waals surface area (Å²) in [7, 11) is 0. The van der Waals surface area contributed by atoms with E-state index in [9.17, 15) is 4.79 Å². The van der Waals surface area contributed by atoms with Gasteiger partial charge >= 0.3 is 5.97 Å². The number of allylic oxidation sites excluding steroid dienone is 5. The van der Waals surface area contributed by atoms with Gasteiger partial charge in [0.2, 0.25) is 0 Å². The molecule has 0 bridgehead atoms.